The van der Waals surface area contributed by atoms with Gasteiger partial charge in [0.1, 0.15) is 17.8 Å². The van der Waals surface area contributed by atoms with E-state index in [2.05, 4.69) is 33.4 Å². The lowest BCUT2D eigenvalue weighted by molar-refractivity contribution is 0.126. The smallest absolute Gasteiger partial charge is 0.228 e. The number of hydrogen-bond donors (Lipinski definition) is 0. The largest absolute Gasteiger partial charge is 0.497 e. The summed E-state index contributed by atoms with van der Waals surface area (Å²) in [6, 6.07) is 25.7. The molecule has 214 valence electrons. The van der Waals surface area contributed by atoms with Crippen molar-refractivity contribution in [3.05, 3.63) is 113 Å². The zero-order valence-electron chi connectivity index (χ0n) is 23.7. The molecule has 3 heterocycles. The molecule has 0 spiro atoms. The van der Waals surface area contributed by atoms with E-state index in [1.807, 2.05) is 60.7 Å². The Bertz CT molecular complexity index is 1990. The van der Waals surface area contributed by atoms with Gasteiger partial charge >= 0.3 is 0 Å². The number of nitrogens with zero attached hydrogens (tertiary/aromatic N) is 5. The van der Waals surface area contributed by atoms with E-state index < -0.39 is 0 Å². The molecule has 4 aromatic carbocycles. The van der Waals surface area contributed by atoms with Gasteiger partial charge in [-0.3, -0.25) is 0 Å². The number of fused-ring (bicyclic) bond motifs is 6. The second kappa shape index (κ2) is 11.0. The number of methoxy groups -OCH3 is 3. The van der Waals surface area contributed by atoms with Crippen molar-refractivity contribution < 1.29 is 23.8 Å². The highest BCUT2D eigenvalue weighted by atomic mass is 16.6. The van der Waals surface area contributed by atoms with E-state index in [9.17, 15) is 0 Å². The lowest BCUT2D eigenvalue weighted by Crippen LogP contribution is -2.15. The van der Waals surface area contributed by atoms with Crippen LogP contribution in [-0.4, -0.2) is 47.1 Å². The second-order valence-corrected chi connectivity index (χ2v) is 9.89. The van der Waals surface area contributed by atoms with Crippen molar-refractivity contribution in [1.29, 1.82) is 0 Å². The normalized spacial score (nSPS) is 13.9. The van der Waals surface area contributed by atoms with Crippen LogP contribution in [0.5, 0.6) is 28.9 Å². The first-order valence-electron chi connectivity index (χ1n) is 13.6. The first-order valence-corrected chi connectivity index (χ1v) is 13.6. The molecule has 0 saturated heterocycles. The van der Waals surface area contributed by atoms with E-state index in [-0.39, 0.29) is 12.5 Å². The third kappa shape index (κ3) is 4.72. The molecular formula is C33H27N5O5. The Labute approximate surface area is 247 Å². The van der Waals surface area contributed by atoms with Gasteiger partial charge in [0.25, 0.3) is 0 Å². The SMILES string of the molecule is COc1ccc(C=NOCc2nc3c4c(ncn3n2)Oc2ccc3ccccc3c2C4c2ccc(OC)c(OC)c2)cc1. The second-order valence-electron chi connectivity index (χ2n) is 9.89. The van der Waals surface area contributed by atoms with Crippen molar-refractivity contribution in [1.82, 2.24) is 19.6 Å². The van der Waals surface area contributed by atoms with Gasteiger partial charge in [-0.1, -0.05) is 41.6 Å². The minimum atomic E-state index is -0.285. The molecule has 7 rings (SSSR count). The van der Waals surface area contributed by atoms with Crippen LogP contribution in [0.15, 0.2) is 90.3 Å². The average molecular weight is 574 g/mol. The number of hydrogen-bond acceptors (Lipinski definition) is 9. The molecule has 10 heteroatoms. The third-order valence-corrected chi connectivity index (χ3v) is 7.47. The van der Waals surface area contributed by atoms with Crippen molar-refractivity contribution in [3.8, 4) is 28.9 Å². The zero-order chi connectivity index (χ0) is 29.3. The number of benzene rings is 4. The van der Waals surface area contributed by atoms with E-state index >= 15 is 0 Å². The lowest BCUT2D eigenvalue weighted by atomic mass is 9.81. The molecular weight excluding hydrogens is 546 g/mol. The number of rotatable bonds is 8. The van der Waals surface area contributed by atoms with Crippen molar-refractivity contribution in [2.75, 3.05) is 21.3 Å². The van der Waals surface area contributed by atoms with Crippen LogP contribution >= 0.6 is 0 Å². The van der Waals surface area contributed by atoms with Crippen LogP contribution < -0.4 is 18.9 Å². The van der Waals surface area contributed by atoms with E-state index in [1.165, 1.54) is 0 Å². The maximum atomic E-state index is 6.41. The van der Waals surface area contributed by atoms with Crippen LogP contribution in [0.25, 0.3) is 16.4 Å². The summed E-state index contributed by atoms with van der Waals surface area (Å²) in [6.45, 7) is 0.0739. The minimum absolute atomic E-state index is 0.0739. The van der Waals surface area contributed by atoms with Gasteiger partial charge in [0.2, 0.25) is 5.88 Å². The van der Waals surface area contributed by atoms with Gasteiger partial charge in [0, 0.05) is 11.5 Å². The molecule has 43 heavy (non-hydrogen) atoms. The summed E-state index contributed by atoms with van der Waals surface area (Å²) in [6.07, 6.45) is 3.23. The Hall–Kier alpha value is -5.64. The van der Waals surface area contributed by atoms with Crippen molar-refractivity contribution in [2.24, 2.45) is 5.16 Å². The molecule has 0 aliphatic carbocycles. The predicted octanol–water partition coefficient (Wildman–Crippen LogP) is 6.14. The molecule has 0 radical (unpaired) electrons. The summed E-state index contributed by atoms with van der Waals surface area (Å²) >= 11 is 0. The van der Waals surface area contributed by atoms with Gasteiger partial charge in [-0.05, 0) is 64.4 Å². The molecule has 1 unspecified atom stereocenters. The Balaban J connectivity index is 1.31. The molecule has 1 atom stereocenters. The van der Waals surface area contributed by atoms with Gasteiger partial charge in [-0.2, -0.15) is 0 Å². The molecule has 0 N–H and O–H groups in total. The van der Waals surface area contributed by atoms with E-state index in [0.29, 0.717) is 28.9 Å². The highest BCUT2D eigenvalue weighted by Gasteiger charge is 2.35. The highest BCUT2D eigenvalue weighted by Crippen LogP contribution is 2.51. The van der Waals surface area contributed by atoms with Crippen molar-refractivity contribution >= 4 is 22.6 Å². The summed E-state index contributed by atoms with van der Waals surface area (Å²) < 4.78 is 24.5. The molecule has 2 aromatic heterocycles. The number of oxime groups is 1. The standard InChI is InChI=1S/C33H27N5O5/c1-39-23-12-8-20(9-13-23)17-35-42-18-28-36-32-31-29(22-11-14-25(40-2)27(16-22)41-3)30-24-7-5-4-6-21(24)10-15-26(30)43-33(31)34-19-38(32)37-28/h4-17,19,29H,18H2,1-3H3. The van der Waals surface area contributed by atoms with Gasteiger partial charge in [-0.15, -0.1) is 5.10 Å². The molecule has 1 aliphatic heterocycles. The van der Waals surface area contributed by atoms with Crippen LogP contribution in [-0.2, 0) is 11.4 Å². The maximum absolute atomic E-state index is 6.41. The van der Waals surface area contributed by atoms with Crippen LogP contribution in [0.3, 0.4) is 0 Å². The lowest BCUT2D eigenvalue weighted by Gasteiger charge is -2.29. The maximum Gasteiger partial charge on any atom is 0.228 e. The first-order chi connectivity index (χ1) is 21.2. The van der Waals surface area contributed by atoms with Gasteiger partial charge < -0.3 is 23.8 Å². The molecule has 6 aromatic rings. The fourth-order valence-corrected chi connectivity index (χ4v) is 5.46. The third-order valence-electron chi connectivity index (χ3n) is 7.47. The van der Waals surface area contributed by atoms with Crippen molar-refractivity contribution in [3.63, 3.8) is 0 Å². The van der Waals surface area contributed by atoms with E-state index in [1.54, 1.807) is 38.4 Å². The van der Waals surface area contributed by atoms with Crippen molar-refractivity contribution in [2.45, 2.75) is 12.5 Å². The molecule has 0 fully saturated rings. The molecule has 0 saturated carbocycles. The Morgan fingerprint density at radius 1 is 0.884 bits per heavy atom. The fraction of sp³-hybridized carbons (Fsp3) is 0.152. The van der Waals surface area contributed by atoms with Gasteiger partial charge in [0.05, 0.1) is 33.1 Å². The summed E-state index contributed by atoms with van der Waals surface area (Å²) in [4.78, 5) is 15.1. The van der Waals surface area contributed by atoms with Gasteiger partial charge in [-0.25, -0.2) is 14.5 Å². The number of aromatic nitrogens is 4. The van der Waals surface area contributed by atoms with E-state index in [0.717, 1.165) is 44.5 Å². The van der Waals surface area contributed by atoms with Crippen LogP contribution in [0.4, 0.5) is 0 Å². The monoisotopic (exact) mass is 573 g/mol. The Kier molecular flexibility index (Phi) is 6.71. The fourth-order valence-electron chi connectivity index (χ4n) is 5.46. The topological polar surface area (TPSA) is 102 Å². The summed E-state index contributed by atoms with van der Waals surface area (Å²) in [5.41, 5.74) is 4.26. The van der Waals surface area contributed by atoms with Gasteiger partial charge in [0.15, 0.2) is 29.6 Å². The Morgan fingerprint density at radius 3 is 2.53 bits per heavy atom. The molecule has 1 aliphatic rings. The van der Waals surface area contributed by atoms with Crippen LogP contribution in [0.2, 0.25) is 0 Å². The molecule has 10 nitrogen and oxygen atoms in total. The van der Waals surface area contributed by atoms with Crippen LogP contribution in [0.1, 0.15) is 34.0 Å². The molecule has 0 amide bonds. The minimum Gasteiger partial charge on any atom is -0.497 e. The highest BCUT2D eigenvalue weighted by molar-refractivity contribution is 5.91. The zero-order valence-corrected chi connectivity index (χ0v) is 23.7. The predicted molar refractivity (Wildman–Crippen MR) is 161 cm³/mol. The average Bonchev–Trinajstić information content (AvgIpc) is 3.49. The summed E-state index contributed by atoms with van der Waals surface area (Å²) in [5, 5.41) is 10.9. The molecule has 0 bridgehead atoms. The van der Waals surface area contributed by atoms with Crippen LogP contribution in [0, 0.1) is 0 Å². The Morgan fingerprint density at radius 2 is 1.72 bits per heavy atom. The summed E-state index contributed by atoms with van der Waals surface area (Å²) in [7, 11) is 4.88. The number of ether oxygens (including phenoxy) is 4. The first kappa shape index (κ1) is 26.3. The quantitative estimate of drug-likeness (QED) is 0.158. The summed E-state index contributed by atoms with van der Waals surface area (Å²) in [5.74, 6) is 3.41. The van der Waals surface area contributed by atoms with E-state index in [4.69, 9.17) is 28.8 Å².